The molecule has 2 rings (SSSR count). The molecule has 0 fully saturated rings. The van der Waals surface area contributed by atoms with E-state index in [4.69, 9.17) is 5.73 Å². The summed E-state index contributed by atoms with van der Waals surface area (Å²) in [5.74, 6) is -0.418. The highest BCUT2D eigenvalue weighted by molar-refractivity contribution is 7.91. The molecule has 102 valence electrons. The average Bonchev–Trinajstić information content (AvgIpc) is 2.78. The van der Waals surface area contributed by atoms with Crippen molar-refractivity contribution >= 4 is 27.0 Å². The number of anilines is 1. The highest BCUT2D eigenvalue weighted by Gasteiger charge is 2.20. The minimum Gasteiger partial charge on any atom is -0.398 e. The molecule has 19 heavy (non-hydrogen) atoms. The van der Waals surface area contributed by atoms with Gasteiger partial charge in [-0.15, -0.1) is 11.3 Å². The standard InChI is InChI=1S/C12H13FN2O2S2/c1-15(2)19(16,17)12-6-5-11(18-12)9-4-3-8(13)7-10(9)14/h3-7H,14H2,1-2H3. The second-order valence-corrected chi connectivity index (χ2v) is 7.60. The van der Waals surface area contributed by atoms with Crippen molar-refractivity contribution < 1.29 is 12.8 Å². The van der Waals surface area contributed by atoms with Crippen molar-refractivity contribution in [3.63, 3.8) is 0 Å². The van der Waals surface area contributed by atoms with Crippen LogP contribution < -0.4 is 5.73 Å². The molecular weight excluding hydrogens is 287 g/mol. The van der Waals surface area contributed by atoms with Gasteiger partial charge in [0.25, 0.3) is 10.0 Å². The van der Waals surface area contributed by atoms with Crippen LogP contribution in [0.25, 0.3) is 10.4 Å². The van der Waals surface area contributed by atoms with Crippen LogP contribution in [0.3, 0.4) is 0 Å². The van der Waals surface area contributed by atoms with Gasteiger partial charge in [-0.2, -0.15) is 0 Å². The molecule has 2 N–H and O–H groups in total. The van der Waals surface area contributed by atoms with Crippen LogP contribution in [0.4, 0.5) is 10.1 Å². The number of thiophene rings is 1. The molecule has 0 radical (unpaired) electrons. The third kappa shape index (κ3) is 2.63. The molecule has 0 amide bonds. The first-order chi connectivity index (χ1) is 8.82. The largest absolute Gasteiger partial charge is 0.398 e. The van der Waals surface area contributed by atoms with E-state index in [1.54, 1.807) is 12.1 Å². The predicted octanol–water partition coefficient (Wildman–Crippen LogP) is 2.39. The van der Waals surface area contributed by atoms with E-state index in [1.807, 2.05) is 0 Å². The zero-order chi connectivity index (χ0) is 14.2. The summed E-state index contributed by atoms with van der Waals surface area (Å²) in [6, 6.07) is 7.26. The van der Waals surface area contributed by atoms with Gasteiger partial charge in [0.2, 0.25) is 0 Å². The molecule has 0 bridgehead atoms. The lowest BCUT2D eigenvalue weighted by Gasteiger charge is -2.08. The van der Waals surface area contributed by atoms with Crippen molar-refractivity contribution in [2.24, 2.45) is 0 Å². The molecule has 4 nitrogen and oxygen atoms in total. The molecule has 0 saturated carbocycles. The van der Waals surface area contributed by atoms with E-state index < -0.39 is 15.8 Å². The van der Waals surface area contributed by atoms with Gasteiger partial charge in [-0.3, -0.25) is 0 Å². The SMILES string of the molecule is CN(C)S(=O)(=O)c1ccc(-c2ccc(F)cc2N)s1. The number of nitrogen functional groups attached to an aromatic ring is 1. The molecule has 0 aliphatic carbocycles. The second kappa shape index (κ2) is 4.92. The molecule has 0 atom stereocenters. The summed E-state index contributed by atoms with van der Waals surface area (Å²) < 4.78 is 38.3. The first kappa shape index (κ1) is 14.0. The molecule has 0 spiro atoms. The maximum absolute atomic E-state index is 13.0. The lowest BCUT2D eigenvalue weighted by Crippen LogP contribution is -2.21. The minimum absolute atomic E-state index is 0.233. The Morgan fingerprint density at radius 2 is 1.89 bits per heavy atom. The summed E-state index contributed by atoms with van der Waals surface area (Å²) in [5, 5.41) is 0. The van der Waals surface area contributed by atoms with Crippen molar-refractivity contribution in [2.75, 3.05) is 19.8 Å². The lowest BCUT2D eigenvalue weighted by atomic mass is 10.1. The van der Waals surface area contributed by atoms with Crippen molar-refractivity contribution in [1.82, 2.24) is 4.31 Å². The van der Waals surface area contributed by atoms with E-state index in [9.17, 15) is 12.8 Å². The number of hydrogen-bond acceptors (Lipinski definition) is 4. The van der Waals surface area contributed by atoms with Crippen LogP contribution in [0.5, 0.6) is 0 Å². The summed E-state index contributed by atoms with van der Waals surface area (Å²) in [6.07, 6.45) is 0. The summed E-state index contributed by atoms with van der Waals surface area (Å²) >= 11 is 1.11. The van der Waals surface area contributed by atoms with Crippen LogP contribution >= 0.6 is 11.3 Å². The van der Waals surface area contributed by atoms with Crippen molar-refractivity contribution in [2.45, 2.75) is 4.21 Å². The normalized spacial score (nSPS) is 12.0. The van der Waals surface area contributed by atoms with Crippen molar-refractivity contribution in [3.05, 3.63) is 36.1 Å². The topological polar surface area (TPSA) is 63.4 Å². The van der Waals surface area contributed by atoms with Crippen molar-refractivity contribution in [1.29, 1.82) is 0 Å². The van der Waals surface area contributed by atoms with Gasteiger partial charge in [0.15, 0.2) is 0 Å². The lowest BCUT2D eigenvalue weighted by molar-refractivity contribution is 0.523. The Balaban J connectivity index is 2.47. The van der Waals surface area contributed by atoms with Gasteiger partial charge >= 0.3 is 0 Å². The maximum atomic E-state index is 13.0. The fraction of sp³-hybridized carbons (Fsp3) is 0.167. The van der Waals surface area contributed by atoms with Crippen molar-refractivity contribution in [3.8, 4) is 10.4 Å². The number of benzene rings is 1. The summed E-state index contributed by atoms with van der Waals surface area (Å²) in [5.41, 5.74) is 6.66. The first-order valence-corrected chi connectivity index (χ1v) is 7.66. The van der Waals surface area contributed by atoms with Crippen LogP contribution in [-0.4, -0.2) is 26.8 Å². The number of sulfonamides is 1. The summed E-state index contributed by atoms with van der Waals surface area (Å²) in [7, 11) is -0.502. The monoisotopic (exact) mass is 300 g/mol. The number of halogens is 1. The Morgan fingerprint density at radius 3 is 2.47 bits per heavy atom. The Labute approximate surface area is 115 Å². The van der Waals surface area contributed by atoms with Crippen LogP contribution in [0.15, 0.2) is 34.5 Å². The predicted molar refractivity (Wildman–Crippen MR) is 75.0 cm³/mol. The van der Waals surface area contributed by atoms with Crippen LogP contribution in [0.1, 0.15) is 0 Å². The molecule has 1 aromatic carbocycles. The third-order valence-corrected chi connectivity index (χ3v) is 6.00. The zero-order valence-corrected chi connectivity index (χ0v) is 12.1. The van der Waals surface area contributed by atoms with Crippen LogP contribution in [0.2, 0.25) is 0 Å². The fourth-order valence-corrected chi connectivity index (χ4v) is 4.06. The fourth-order valence-electron chi connectivity index (χ4n) is 1.54. The number of rotatable bonds is 3. The van der Waals surface area contributed by atoms with Gasteiger partial charge in [-0.25, -0.2) is 17.1 Å². The number of hydrogen-bond donors (Lipinski definition) is 1. The summed E-state index contributed by atoms with van der Waals surface area (Å²) in [6.45, 7) is 0. The van der Waals surface area contributed by atoms with Gasteiger partial charge < -0.3 is 5.73 Å². The maximum Gasteiger partial charge on any atom is 0.252 e. The van der Waals surface area contributed by atoms with E-state index in [-0.39, 0.29) is 9.90 Å². The van der Waals surface area contributed by atoms with E-state index in [2.05, 4.69) is 0 Å². The highest BCUT2D eigenvalue weighted by Crippen LogP contribution is 2.34. The van der Waals surface area contributed by atoms with Gasteiger partial charge in [-0.05, 0) is 30.3 Å². The number of nitrogens with zero attached hydrogens (tertiary/aromatic N) is 1. The van der Waals surface area contributed by atoms with E-state index in [1.165, 1.54) is 32.3 Å². The smallest absolute Gasteiger partial charge is 0.252 e. The molecule has 0 aliphatic rings. The van der Waals surface area contributed by atoms with Gasteiger partial charge in [-0.1, -0.05) is 0 Å². The molecule has 7 heteroatoms. The molecule has 2 aromatic rings. The van der Waals surface area contributed by atoms with Crippen LogP contribution in [-0.2, 0) is 10.0 Å². The molecule has 1 aromatic heterocycles. The Kier molecular flexibility index (Phi) is 3.62. The van der Waals surface area contributed by atoms with Gasteiger partial charge in [0, 0.05) is 30.2 Å². The quantitative estimate of drug-likeness (QED) is 0.885. The number of nitrogens with two attached hydrogens (primary N) is 1. The van der Waals surface area contributed by atoms with E-state index >= 15 is 0 Å². The van der Waals surface area contributed by atoms with Crippen LogP contribution in [0, 0.1) is 5.82 Å². The summed E-state index contributed by atoms with van der Waals surface area (Å²) in [4.78, 5) is 0.693. The third-order valence-electron chi connectivity index (χ3n) is 2.60. The zero-order valence-electron chi connectivity index (χ0n) is 10.4. The Bertz CT molecular complexity index is 708. The Hall–Kier alpha value is -1.44. The van der Waals surface area contributed by atoms with E-state index in [0.717, 1.165) is 15.6 Å². The molecule has 0 unspecified atom stereocenters. The Morgan fingerprint density at radius 1 is 1.21 bits per heavy atom. The molecule has 0 aliphatic heterocycles. The van der Waals surface area contributed by atoms with Gasteiger partial charge in [0.1, 0.15) is 10.0 Å². The van der Waals surface area contributed by atoms with E-state index in [0.29, 0.717) is 10.4 Å². The second-order valence-electron chi connectivity index (χ2n) is 4.14. The van der Waals surface area contributed by atoms with Gasteiger partial charge in [0.05, 0.1) is 0 Å². The highest BCUT2D eigenvalue weighted by atomic mass is 32.2. The molecule has 1 heterocycles. The average molecular weight is 300 g/mol. The molecular formula is C12H13FN2O2S2. The minimum atomic E-state index is -3.45. The molecule has 0 saturated heterocycles. The first-order valence-electron chi connectivity index (χ1n) is 5.40.